The van der Waals surface area contributed by atoms with Crippen molar-refractivity contribution >= 4 is 11.9 Å². The molecule has 0 radical (unpaired) electrons. The van der Waals surface area contributed by atoms with Crippen LogP contribution < -0.4 is 5.32 Å². The van der Waals surface area contributed by atoms with E-state index in [-0.39, 0.29) is 23.8 Å². The van der Waals surface area contributed by atoms with Crippen LogP contribution in [0.2, 0.25) is 0 Å². The number of hydrogen-bond acceptors (Lipinski definition) is 4. The van der Waals surface area contributed by atoms with E-state index in [0.717, 1.165) is 19.3 Å². The van der Waals surface area contributed by atoms with Crippen LogP contribution in [0.15, 0.2) is 12.7 Å². The van der Waals surface area contributed by atoms with Crippen LogP contribution in [-0.2, 0) is 19.1 Å². The van der Waals surface area contributed by atoms with Gasteiger partial charge in [-0.1, -0.05) is 6.08 Å². The first kappa shape index (κ1) is 14.1. The Morgan fingerprint density at radius 1 is 1.47 bits per heavy atom. The van der Waals surface area contributed by atoms with Gasteiger partial charge in [-0.25, -0.2) is 0 Å². The van der Waals surface area contributed by atoms with Crippen LogP contribution >= 0.6 is 0 Å². The minimum Gasteiger partial charge on any atom is -0.435 e. The van der Waals surface area contributed by atoms with E-state index < -0.39 is 6.29 Å². The van der Waals surface area contributed by atoms with Gasteiger partial charge in [0.1, 0.15) is 0 Å². The van der Waals surface area contributed by atoms with E-state index in [0.29, 0.717) is 25.9 Å². The zero-order chi connectivity index (χ0) is 13.7. The van der Waals surface area contributed by atoms with Crippen LogP contribution in [0.25, 0.3) is 0 Å². The average molecular weight is 267 g/mol. The van der Waals surface area contributed by atoms with Gasteiger partial charge in [-0.05, 0) is 25.7 Å². The molecule has 3 unspecified atom stereocenters. The number of nitrogens with one attached hydrogen (secondary N) is 1. The zero-order valence-corrected chi connectivity index (χ0v) is 11.1. The molecule has 0 saturated carbocycles. The summed E-state index contributed by atoms with van der Waals surface area (Å²) in [4.78, 5) is 23.6. The molecule has 2 fully saturated rings. The largest absolute Gasteiger partial charge is 0.435 e. The maximum absolute atomic E-state index is 12.2. The molecule has 2 saturated heterocycles. The predicted octanol–water partition coefficient (Wildman–Crippen LogP) is 1.53. The first-order valence-electron chi connectivity index (χ1n) is 6.93. The van der Waals surface area contributed by atoms with Gasteiger partial charge in [0.05, 0.1) is 12.5 Å². The molecule has 0 bridgehead atoms. The van der Waals surface area contributed by atoms with Crippen molar-refractivity contribution in [3.63, 3.8) is 0 Å². The molecule has 3 atom stereocenters. The normalized spacial score (nSPS) is 31.4. The third-order valence-electron chi connectivity index (χ3n) is 3.62. The second kappa shape index (κ2) is 6.70. The molecule has 0 spiro atoms. The molecule has 2 rings (SSSR count). The number of carbonyl (C=O) groups is 2. The quantitative estimate of drug-likeness (QED) is 0.619. The maximum atomic E-state index is 12.2. The lowest BCUT2D eigenvalue weighted by molar-refractivity contribution is -0.192. The van der Waals surface area contributed by atoms with E-state index in [9.17, 15) is 9.59 Å². The molecule has 5 heteroatoms. The van der Waals surface area contributed by atoms with Gasteiger partial charge in [0, 0.05) is 18.9 Å². The Bertz CT molecular complexity index is 349. The lowest BCUT2D eigenvalue weighted by Crippen LogP contribution is -2.48. The predicted molar refractivity (Wildman–Crippen MR) is 69.2 cm³/mol. The third kappa shape index (κ3) is 3.80. The number of amides is 1. The molecule has 1 N–H and O–H groups in total. The van der Waals surface area contributed by atoms with Crippen molar-refractivity contribution in [3.8, 4) is 0 Å². The molecule has 2 aliphatic heterocycles. The van der Waals surface area contributed by atoms with Gasteiger partial charge >= 0.3 is 5.97 Å². The number of esters is 1. The molecular weight excluding hydrogens is 246 g/mol. The van der Waals surface area contributed by atoms with Crippen molar-refractivity contribution in [1.29, 1.82) is 0 Å². The molecule has 0 aliphatic carbocycles. The molecule has 106 valence electrons. The molecular formula is C14H21NO4. The second-order valence-electron chi connectivity index (χ2n) is 5.08. The lowest BCUT2D eigenvalue weighted by atomic mass is 9.88. The summed E-state index contributed by atoms with van der Waals surface area (Å²) in [6, 6.07) is -0.199. The second-order valence-corrected chi connectivity index (χ2v) is 5.08. The highest BCUT2D eigenvalue weighted by molar-refractivity contribution is 5.81. The molecule has 0 aromatic carbocycles. The van der Waals surface area contributed by atoms with E-state index in [4.69, 9.17) is 9.47 Å². The monoisotopic (exact) mass is 267 g/mol. The Labute approximate surface area is 113 Å². The summed E-state index contributed by atoms with van der Waals surface area (Å²) in [7, 11) is 0. The summed E-state index contributed by atoms with van der Waals surface area (Å²) in [5.74, 6) is -0.565. The number of hydrogen-bond donors (Lipinski definition) is 1. The molecule has 2 aliphatic rings. The standard InChI is InChI=1S/C14H21NO4/c1-2-5-11-10(7-8-12(16)15-11)14(17)19-13-6-3-4-9-18-13/h2,10-11,13H,1,3-9H2,(H,15,16). The van der Waals surface area contributed by atoms with Crippen molar-refractivity contribution in [1.82, 2.24) is 5.32 Å². The highest BCUT2D eigenvalue weighted by Gasteiger charge is 2.35. The van der Waals surface area contributed by atoms with Gasteiger partial charge < -0.3 is 14.8 Å². The van der Waals surface area contributed by atoms with Gasteiger partial charge in [0.2, 0.25) is 12.2 Å². The van der Waals surface area contributed by atoms with Gasteiger partial charge in [-0.3, -0.25) is 9.59 Å². The average Bonchev–Trinajstić information content (AvgIpc) is 2.40. The van der Waals surface area contributed by atoms with Crippen molar-refractivity contribution in [2.45, 2.75) is 50.9 Å². The van der Waals surface area contributed by atoms with Crippen LogP contribution in [0.1, 0.15) is 38.5 Å². The molecule has 5 nitrogen and oxygen atoms in total. The van der Waals surface area contributed by atoms with Crippen molar-refractivity contribution in [3.05, 3.63) is 12.7 Å². The smallest absolute Gasteiger partial charge is 0.313 e. The Kier molecular flexibility index (Phi) is 4.96. The SMILES string of the molecule is C=CCC1NC(=O)CCC1C(=O)OC1CCCCO1. The van der Waals surface area contributed by atoms with Crippen molar-refractivity contribution in [2.24, 2.45) is 5.92 Å². The van der Waals surface area contributed by atoms with Crippen LogP contribution in [0.4, 0.5) is 0 Å². The Morgan fingerprint density at radius 3 is 3.00 bits per heavy atom. The van der Waals surface area contributed by atoms with E-state index in [2.05, 4.69) is 11.9 Å². The molecule has 0 aromatic heterocycles. The van der Waals surface area contributed by atoms with Crippen molar-refractivity contribution in [2.75, 3.05) is 6.61 Å². The van der Waals surface area contributed by atoms with E-state index in [1.54, 1.807) is 6.08 Å². The van der Waals surface area contributed by atoms with Gasteiger partial charge in [-0.2, -0.15) is 0 Å². The zero-order valence-electron chi connectivity index (χ0n) is 11.1. The van der Waals surface area contributed by atoms with Crippen molar-refractivity contribution < 1.29 is 19.1 Å². The topological polar surface area (TPSA) is 64.6 Å². The van der Waals surface area contributed by atoms with Crippen LogP contribution in [0, 0.1) is 5.92 Å². The van der Waals surface area contributed by atoms with Crippen LogP contribution in [0.3, 0.4) is 0 Å². The summed E-state index contributed by atoms with van der Waals surface area (Å²) in [5.41, 5.74) is 0. The first-order chi connectivity index (χ1) is 9.20. The summed E-state index contributed by atoms with van der Waals surface area (Å²) in [6.45, 7) is 4.31. The van der Waals surface area contributed by atoms with Gasteiger partial charge in [0.25, 0.3) is 0 Å². The van der Waals surface area contributed by atoms with Gasteiger partial charge in [-0.15, -0.1) is 6.58 Å². The van der Waals surface area contributed by atoms with Crippen LogP contribution in [0.5, 0.6) is 0 Å². The highest BCUT2D eigenvalue weighted by Crippen LogP contribution is 2.23. The third-order valence-corrected chi connectivity index (χ3v) is 3.62. The van der Waals surface area contributed by atoms with E-state index >= 15 is 0 Å². The highest BCUT2D eigenvalue weighted by atomic mass is 16.7. The summed E-state index contributed by atoms with van der Waals surface area (Å²) in [6.07, 6.45) is 5.60. The lowest BCUT2D eigenvalue weighted by Gasteiger charge is -2.32. The molecule has 19 heavy (non-hydrogen) atoms. The van der Waals surface area contributed by atoms with E-state index in [1.807, 2.05) is 0 Å². The summed E-state index contributed by atoms with van der Waals surface area (Å²) < 4.78 is 10.8. The minimum absolute atomic E-state index is 0.00943. The first-order valence-corrected chi connectivity index (χ1v) is 6.93. The maximum Gasteiger partial charge on any atom is 0.313 e. The fourth-order valence-electron chi connectivity index (χ4n) is 2.57. The molecule has 0 aromatic rings. The number of piperidine rings is 1. The molecule has 2 heterocycles. The Balaban J connectivity index is 1.91. The fourth-order valence-corrected chi connectivity index (χ4v) is 2.57. The summed E-state index contributed by atoms with van der Waals surface area (Å²) >= 11 is 0. The number of ether oxygens (including phenoxy) is 2. The van der Waals surface area contributed by atoms with Crippen LogP contribution in [-0.4, -0.2) is 30.8 Å². The fraction of sp³-hybridized carbons (Fsp3) is 0.714. The number of carbonyl (C=O) groups excluding carboxylic acids is 2. The Morgan fingerprint density at radius 2 is 2.32 bits per heavy atom. The summed E-state index contributed by atoms with van der Waals surface area (Å²) in [5, 5.41) is 2.83. The van der Waals surface area contributed by atoms with E-state index in [1.165, 1.54) is 0 Å². The number of rotatable bonds is 4. The van der Waals surface area contributed by atoms with Gasteiger partial charge in [0.15, 0.2) is 0 Å². The molecule has 1 amide bonds. The minimum atomic E-state index is -0.414. The Hall–Kier alpha value is -1.36.